The Morgan fingerprint density at radius 2 is 0.667 bits per heavy atom. The number of amides is 3. The summed E-state index contributed by atoms with van der Waals surface area (Å²) < 4.78 is 15.5. The first-order chi connectivity index (χ1) is 18.9. The van der Waals surface area contributed by atoms with Crippen molar-refractivity contribution in [1.82, 2.24) is 0 Å². The molecule has 0 heterocycles. The number of carbonyl (C=O) groups excluding carboxylic acids is 3. The molecule has 0 atom stereocenters. The lowest BCUT2D eigenvalue weighted by molar-refractivity contribution is 0.102. The van der Waals surface area contributed by atoms with E-state index in [0.717, 1.165) is 0 Å². The third kappa shape index (κ3) is 6.92. The Labute approximate surface area is 225 Å². The van der Waals surface area contributed by atoms with Crippen LogP contribution in [-0.4, -0.2) is 39.1 Å². The third-order valence-corrected chi connectivity index (χ3v) is 5.76. The highest BCUT2D eigenvalue weighted by Crippen LogP contribution is 2.21. The van der Waals surface area contributed by atoms with E-state index >= 15 is 0 Å². The van der Waals surface area contributed by atoms with Gasteiger partial charge in [0.05, 0.1) is 21.3 Å². The first-order valence-corrected chi connectivity index (χ1v) is 11.9. The van der Waals surface area contributed by atoms with Gasteiger partial charge in [-0.25, -0.2) is 0 Å². The maximum Gasteiger partial charge on any atom is 0.255 e. The van der Waals surface area contributed by atoms with Crippen LogP contribution in [0.5, 0.6) is 17.2 Å². The van der Waals surface area contributed by atoms with E-state index in [4.69, 9.17) is 14.2 Å². The minimum Gasteiger partial charge on any atom is -0.497 e. The van der Waals surface area contributed by atoms with E-state index in [1.165, 1.54) is 18.2 Å². The number of nitrogens with one attached hydrogen (secondary N) is 3. The van der Waals surface area contributed by atoms with Crippen LogP contribution in [-0.2, 0) is 0 Å². The smallest absolute Gasteiger partial charge is 0.255 e. The molecule has 0 aliphatic carbocycles. The maximum atomic E-state index is 13.1. The molecular weight excluding hydrogens is 498 g/mol. The average Bonchev–Trinajstić information content (AvgIpc) is 2.98. The molecule has 3 amide bonds. The molecule has 0 unspecified atom stereocenters. The number of carbonyl (C=O) groups is 3. The highest BCUT2D eigenvalue weighted by molar-refractivity contribution is 6.12. The van der Waals surface area contributed by atoms with E-state index in [9.17, 15) is 14.4 Å². The van der Waals surface area contributed by atoms with Gasteiger partial charge < -0.3 is 30.2 Å². The number of hydrogen-bond donors (Lipinski definition) is 3. The van der Waals surface area contributed by atoms with Crippen LogP contribution in [0.15, 0.2) is 91.0 Å². The first-order valence-electron chi connectivity index (χ1n) is 11.9. The minimum absolute atomic E-state index is 0.132. The van der Waals surface area contributed by atoms with Gasteiger partial charge in [-0.3, -0.25) is 14.4 Å². The van der Waals surface area contributed by atoms with Crippen molar-refractivity contribution >= 4 is 34.8 Å². The van der Waals surface area contributed by atoms with Gasteiger partial charge in [0, 0.05) is 33.8 Å². The molecule has 0 saturated heterocycles. The van der Waals surface area contributed by atoms with Crippen LogP contribution in [0.3, 0.4) is 0 Å². The van der Waals surface area contributed by atoms with Crippen LogP contribution >= 0.6 is 0 Å². The van der Waals surface area contributed by atoms with Crippen molar-refractivity contribution in [2.45, 2.75) is 0 Å². The molecule has 4 aromatic carbocycles. The standard InChI is InChI=1S/C30H27N3O6/c1-37-25-10-4-22(5-11-25)31-28(34)19-16-20(29(35)32-23-6-12-26(38-2)13-7-23)18-21(17-19)30(36)33-24-8-14-27(39-3)15-9-24/h4-18H,1-3H3,(H,31,34)(H,32,35)(H,33,36). The van der Waals surface area contributed by atoms with E-state index < -0.39 is 17.7 Å². The number of ether oxygens (including phenoxy) is 3. The second kappa shape index (κ2) is 12.3. The fourth-order valence-electron chi connectivity index (χ4n) is 3.65. The topological polar surface area (TPSA) is 115 Å². The number of benzene rings is 4. The predicted octanol–water partition coefficient (Wildman–Crippen LogP) is 5.47. The fraction of sp³-hybridized carbons (Fsp3) is 0.100. The minimum atomic E-state index is -0.488. The molecule has 0 radical (unpaired) electrons. The second-order valence-corrected chi connectivity index (χ2v) is 8.35. The van der Waals surface area contributed by atoms with E-state index in [2.05, 4.69) is 16.0 Å². The van der Waals surface area contributed by atoms with Crippen LogP contribution in [0, 0.1) is 0 Å². The molecule has 0 aliphatic rings. The molecule has 4 aromatic rings. The quantitative estimate of drug-likeness (QED) is 0.267. The molecule has 4 rings (SSSR count). The largest absolute Gasteiger partial charge is 0.497 e. The van der Waals surface area contributed by atoms with E-state index in [1.807, 2.05) is 0 Å². The second-order valence-electron chi connectivity index (χ2n) is 8.35. The zero-order chi connectivity index (χ0) is 27.8. The van der Waals surface area contributed by atoms with Crippen molar-refractivity contribution in [2.24, 2.45) is 0 Å². The lowest BCUT2D eigenvalue weighted by atomic mass is 10.0. The molecule has 9 heteroatoms. The van der Waals surface area contributed by atoms with Gasteiger partial charge in [0.15, 0.2) is 0 Å². The highest BCUT2D eigenvalue weighted by atomic mass is 16.5. The van der Waals surface area contributed by atoms with Crippen molar-refractivity contribution in [3.8, 4) is 17.2 Å². The molecule has 0 aliphatic heterocycles. The number of hydrogen-bond acceptors (Lipinski definition) is 6. The fourth-order valence-corrected chi connectivity index (χ4v) is 3.65. The molecule has 0 bridgehead atoms. The Hall–Kier alpha value is -5.31. The van der Waals surface area contributed by atoms with Crippen molar-refractivity contribution < 1.29 is 28.6 Å². The maximum absolute atomic E-state index is 13.1. The Kier molecular flexibility index (Phi) is 8.43. The van der Waals surface area contributed by atoms with Crippen LogP contribution in [0.4, 0.5) is 17.1 Å². The lowest BCUT2D eigenvalue weighted by Gasteiger charge is -2.12. The summed E-state index contributed by atoms with van der Waals surface area (Å²) in [6.45, 7) is 0. The number of rotatable bonds is 9. The van der Waals surface area contributed by atoms with Gasteiger partial charge >= 0.3 is 0 Å². The van der Waals surface area contributed by atoms with Gasteiger partial charge in [-0.15, -0.1) is 0 Å². The molecule has 39 heavy (non-hydrogen) atoms. The van der Waals surface area contributed by atoms with Gasteiger partial charge in [-0.2, -0.15) is 0 Å². The van der Waals surface area contributed by atoms with Crippen molar-refractivity contribution in [1.29, 1.82) is 0 Å². The lowest BCUT2D eigenvalue weighted by Crippen LogP contribution is -2.19. The van der Waals surface area contributed by atoms with Crippen LogP contribution in [0.25, 0.3) is 0 Å². The first kappa shape index (κ1) is 26.7. The van der Waals surface area contributed by atoms with Gasteiger partial charge in [-0.05, 0) is 91.0 Å². The Balaban J connectivity index is 1.62. The summed E-state index contributed by atoms with van der Waals surface area (Å²) >= 11 is 0. The van der Waals surface area contributed by atoms with E-state index in [1.54, 1.807) is 94.1 Å². The number of methoxy groups -OCH3 is 3. The van der Waals surface area contributed by atoms with Crippen molar-refractivity contribution in [3.05, 3.63) is 108 Å². The Morgan fingerprint density at radius 1 is 0.436 bits per heavy atom. The van der Waals surface area contributed by atoms with Crippen LogP contribution in [0.1, 0.15) is 31.1 Å². The van der Waals surface area contributed by atoms with Gasteiger partial charge in [0.2, 0.25) is 0 Å². The van der Waals surface area contributed by atoms with Crippen molar-refractivity contribution in [2.75, 3.05) is 37.3 Å². The number of anilines is 3. The van der Waals surface area contributed by atoms with E-state index in [-0.39, 0.29) is 16.7 Å². The summed E-state index contributed by atoms with van der Waals surface area (Å²) in [7, 11) is 4.65. The summed E-state index contributed by atoms with van der Waals surface area (Å²) in [4.78, 5) is 39.4. The monoisotopic (exact) mass is 525 g/mol. The van der Waals surface area contributed by atoms with Crippen LogP contribution in [0.2, 0.25) is 0 Å². The Morgan fingerprint density at radius 3 is 0.872 bits per heavy atom. The van der Waals surface area contributed by atoms with Gasteiger partial charge in [0.1, 0.15) is 17.2 Å². The molecule has 9 nitrogen and oxygen atoms in total. The van der Waals surface area contributed by atoms with Crippen molar-refractivity contribution in [3.63, 3.8) is 0 Å². The van der Waals surface area contributed by atoms with Gasteiger partial charge in [0.25, 0.3) is 17.7 Å². The van der Waals surface area contributed by atoms with Gasteiger partial charge in [-0.1, -0.05) is 0 Å². The SMILES string of the molecule is COc1ccc(NC(=O)c2cc(C(=O)Nc3ccc(OC)cc3)cc(C(=O)Nc3ccc(OC)cc3)c2)cc1. The Bertz CT molecular complexity index is 1270. The zero-order valence-corrected chi connectivity index (χ0v) is 21.6. The van der Waals surface area contributed by atoms with E-state index in [0.29, 0.717) is 34.3 Å². The summed E-state index contributed by atoms with van der Waals surface area (Å²) in [6.07, 6.45) is 0. The summed E-state index contributed by atoms with van der Waals surface area (Å²) in [5.74, 6) is 0.460. The molecular formula is C30H27N3O6. The summed E-state index contributed by atoms with van der Waals surface area (Å²) in [5.41, 5.74) is 1.98. The molecule has 198 valence electrons. The molecule has 3 N–H and O–H groups in total. The third-order valence-electron chi connectivity index (χ3n) is 5.76. The summed E-state index contributed by atoms with van der Waals surface area (Å²) in [5, 5.41) is 8.34. The zero-order valence-electron chi connectivity index (χ0n) is 21.6. The molecule has 0 spiro atoms. The normalized spacial score (nSPS) is 10.2. The molecule has 0 aromatic heterocycles. The van der Waals surface area contributed by atoms with Crippen LogP contribution < -0.4 is 30.2 Å². The highest BCUT2D eigenvalue weighted by Gasteiger charge is 2.17. The average molecular weight is 526 g/mol. The molecule has 0 saturated carbocycles. The summed E-state index contributed by atoms with van der Waals surface area (Å²) in [6, 6.07) is 24.7. The molecule has 0 fully saturated rings. The predicted molar refractivity (Wildman–Crippen MR) is 149 cm³/mol.